The Morgan fingerprint density at radius 2 is 1.57 bits per heavy atom. The van der Waals surface area contributed by atoms with Crippen LogP contribution >= 0.6 is 0 Å². The number of benzene rings is 1. The van der Waals surface area contributed by atoms with E-state index in [-0.39, 0.29) is 5.91 Å². The van der Waals surface area contributed by atoms with Crippen molar-refractivity contribution in [2.75, 3.05) is 68.7 Å². The molecule has 1 amide bonds. The average Bonchev–Trinajstić information content (AvgIpc) is 2.79. The number of anilines is 2. The normalized spacial score (nSPS) is 18.4. The average molecular weight is 380 g/mol. The van der Waals surface area contributed by atoms with Crippen molar-refractivity contribution in [3.63, 3.8) is 0 Å². The molecule has 3 heterocycles. The molecule has 1 aromatic heterocycles. The van der Waals surface area contributed by atoms with E-state index < -0.39 is 0 Å². The van der Waals surface area contributed by atoms with Crippen LogP contribution in [0.1, 0.15) is 17.4 Å². The summed E-state index contributed by atoms with van der Waals surface area (Å²) in [6.45, 7) is 10.3. The summed E-state index contributed by atoms with van der Waals surface area (Å²) in [5.74, 6) is 0.862. The molecule has 0 unspecified atom stereocenters. The van der Waals surface area contributed by atoms with Gasteiger partial charge in [-0.2, -0.15) is 0 Å². The first-order valence-electron chi connectivity index (χ1n) is 10.1. The number of likely N-dealkylation sites (N-methyl/N-ethyl adjacent to an activating group) is 1. The summed E-state index contributed by atoms with van der Waals surface area (Å²) < 4.78 is 0. The molecule has 0 aliphatic carbocycles. The van der Waals surface area contributed by atoms with E-state index in [0.29, 0.717) is 18.8 Å². The minimum absolute atomic E-state index is 0.00329. The summed E-state index contributed by atoms with van der Waals surface area (Å²) in [6.07, 6.45) is 1.52. The Labute approximate surface area is 166 Å². The van der Waals surface area contributed by atoms with Crippen LogP contribution in [0.25, 0.3) is 0 Å². The fourth-order valence-corrected chi connectivity index (χ4v) is 3.90. The highest BCUT2D eigenvalue weighted by Gasteiger charge is 2.24. The van der Waals surface area contributed by atoms with E-state index in [4.69, 9.17) is 0 Å². The number of hydrogen-bond donors (Lipinski definition) is 0. The summed E-state index contributed by atoms with van der Waals surface area (Å²) in [5.41, 5.74) is 1.71. The molecule has 2 aromatic rings. The van der Waals surface area contributed by atoms with E-state index in [1.807, 2.05) is 17.0 Å². The fraction of sp³-hybridized carbons (Fsp3) is 0.476. The van der Waals surface area contributed by atoms with Gasteiger partial charge < -0.3 is 19.6 Å². The Bertz CT molecular complexity index is 782. The van der Waals surface area contributed by atoms with Crippen molar-refractivity contribution in [3.05, 3.63) is 48.4 Å². The number of amides is 1. The van der Waals surface area contributed by atoms with Gasteiger partial charge in [0.05, 0.1) is 0 Å². The molecule has 7 heteroatoms. The van der Waals surface area contributed by atoms with Gasteiger partial charge in [0.2, 0.25) is 0 Å². The van der Waals surface area contributed by atoms with Crippen molar-refractivity contribution >= 4 is 17.4 Å². The van der Waals surface area contributed by atoms with Gasteiger partial charge in [-0.1, -0.05) is 25.1 Å². The lowest BCUT2D eigenvalue weighted by Crippen LogP contribution is -2.49. The van der Waals surface area contributed by atoms with E-state index in [9.17, 15) is 4.79 Å². The number of carbonyl (C=O) groups is 1. The molecular weight excluding hydrogens is 352 g/mol. The fourth-order valence-electron chi connectivity index (χ4n) is 3.90. The first kappa shape index (κ1) is 18.7. The maximum Gasteiger partial charge on any atom is 0.272 e. The van der Waals surface area contributed by atoms with Gasteiger partial charge in [-0.15, -0.1) is 0 Å². The molecule has 0 radical (unpaired) electrons. The molecule has 0 spiro atoms. The highest BCUT2D eigenvalue weighted by Crippen LogP contribution is 2.18. The number of aromatic nitrogens is 2. The van der Waals surface area contributed by atoms with Crippen molar-refractivity contribution in [2.45, 2.75) is 6.92 Å². The Morgan fingerprint density at radius 1 is 0.893 bits per heavy atom. The summed E-state index contributed by atoms with van der Waals surface area (Å²) >= 11 is 0. The van der Waals surface area contributed by atoms with Gasteiger partial charge in [-0.05, 0) is 18.7 Å². The predicted molar refractivity (Wildman–Crippen MR) is 111 cm³/mol. The summed E-state index contributed by atoms with van der Waals surface area (Å²) in [6, 6.07) is 12.2. The van der Waals surface area contributed by atoms with Gasteiger partial charge in [0, 0.05) is 64.1 Å². The van der Waals surface area contributed by atoms with E-state index in [2.05, 4.69) is 55.9 Å². The Balaban J connectivity index is 1.38. The summed E-state index contributed by atoms with van der Waals surface area (Å²) in [5, 5.41) is 0. The van der Waals surface area contributed by atoms with Crippen LogP contribution in [0.2, 0.25) is 0 Å². The lowest BCUT2D eigenvalue weighted by Gasteiger charge is -2.36. The third-order valence-electron chi connectivity index (χ3n) is 5.70. The van der Waals surface area contributed by atoms with Crippen LogP contribution in [0.4, 0.5) is 11.5 Å². The molecule has 148 valence electrons. The van der Waals surface area contributed by atoms with Crippen LogP contribution in [0, 0.1) is 0 Å². The molecule has 0 bridgehead atoms. The molecule has 1 aromatic carbocycles. The molecule has 2 aliphatic heterocycles. The number of para-hydroxylation sites is 1. The number of piperazine rings is 2. The molecule has 7 nitrogen and oxygen atoms in total. The predicted octanol–water partition coefficient (Wildman–Crippen LogP) is 1.58. The van der Waals surface area contributed by atoms with Crippen LogP contribution in [-0.4, -0.2) is 84.6 Å². The zero-order valence-electron chi connectivity index (χ0n) is 16.5. The van der Waals surface area contributed by atoms with Gasteiger partial charge in [0.25, 0.3) is 5.91 Å². The standard InChI is InChI=1S/C21H28N6O/c1-2-24-8-10-26(11-9-24)20-16-19(22-17-23-20)21(28)27-14-12-25(13-15-27)18-6-4-3-5-7-18/h3-7,16-17H,2,8-15H2,1H3. The minimum atomic E-state index is 0.00329. The number of nitrogens with zero attached hydrogens (tertiary/aromatic N) is 6. The van der Waals surface area contributed by atoms with E-state index >= 15 is 0 Å². The lowest BCUT2D eigenvalue weighted by atomic mass is 10.2. The second-order valence-corrected chi connectivity index (χ2v) is 7.30. The molecule has 0 saturated carbocycles. The molecular formula is C21H28N6O. The van der Waals surface area contributed by atoms with E-state index in [1.54, 1.807) is 0 Å². The first-order valence-corrected chi connectivity index (χ1v) is 10.1. The highest BCUT2D eigenvalue weighted by atomic mass is 16.2. The number of hydrogen-bond acceptors (Lipinski definition) is 6. The maximum atomic E-state index is 13.0. The highest BCUT2D eigenvalue weighted by molar-refractivity contribution is 5.93. The van der Waals surface area contributed by atoms with Crippen LogP contribution in [-0.2, 0) is 0 Å². The molecule has 4 rings (SSSR count). The largest absolute Gasteiger partial charge is 0.368 e. The van der Waals surface area contributed by atoms with Crippen molar-refractivity contribution < 1.29 is 4.79 Å². The zero-order chi connectivity index (χ0) is 19.3. The van der Waals surface area contributed by atoms with Crippen LogP contribution in [0.15, 0.2) is 42.7 Å². The van der Waals surface area contributed by atoms with Crippen molar-refractivity contribution in [1.29, 1.82) is 0 Å². The zero-order valence-corrected chi connectivity index (χ0v) is 16.5. The molecule has 28 heavy (non-hydrogen) atoms. The third-order valence-corrected chi connectivity index (χ3v) is 5.70. The monoisotopic (exact) mass is 380 g/mol. The van der Waals surface area contributed by atoms with Crippen LogP contribution in [0.3, 0.4) is 0 Å². The smallest absolute Gasteiger partial charge is 0.272 e. The molecule has 2 fully saturated rings. The summed E-state index contributed by atoms with van der Waals surface area (Å²) in [4.78, 5) is 30.5. The van der Waals surface area contributed by atoms with E-state index in [0.717, 1.165) is 51.6 Å². The van der Waals surface area contributed by atoms with E-state index in [1.165, 1.54) is 12.0 Å². The Kier molecular flexibility index (Phi) is 5.71. The minimum Gasteiger partial charge on any atom is -0.368 e. The quantitative estimate of drug-likeness (QED) is 0.803. The van der Waals surface area contributed by atoms with Gasteiger partial charge in [-0.25, -0.2) is 9.97 Å². The summed E-state index contributed by atoms with van der Waals surface area (Å²) in [7, 11) is 0. The molecule has 0 N–H and O–H groups in total. The number of carbonyl (C=O) groups excluding carboxylic acids is 1. The Morgan fingerprint density at radius 3 is 2.25 bits per heavy atom. The Hall–Kier alpha value is -2.67. The SMILES string of the molecule is CCN1CCN(c2cc(C(=O)N3CCN(c4ccccc4)CC3)ncn2)CC1. The van der Waals surface area contributed by atoms with Gasteiger partial charge in [0.1, 0.15) is 17.8 Å². The van der Waals surface area contributed by atoms with Crippen LogP contribution in [0.5, 0.6) is 0 Å². The molecule has 2 saturated heterocycles. The lowest BCUT2D eigenvalue weighted by molar-refractivity contribution is 0.0740. The van der Waals surface area contributed by atoms with Crippen molar-refractivity contribution in [2.24, 2.45) is 0 Å². The second-order valence-electron chi connectivity index (χ2n) is 7.30. The van der Waals surface area contributed by atoms with Crippen molar-refractivity contribution in [3.8, 4) is 0 Å². The van der Waals surface area contributed by atoms with Gasteiger partial charge >= 0.3 is 0 Å². The topological polar surface area (TPSA) is 55.8 Å². The number of rotatable bonds is 4. The first-order chi connectivity index (χ1) is 13.7. The molecule has 0 atom stereocenters. The van der Waals surface area contributed by atoms with Crippen LogP contribution < -0.4 is 9.80 Å². The van der Waals surface area contributed by atoms with Gasteiger partial charge in [0.15, 0.2) is 0 Å². The third kappa shape index (κ3) is 4.09. The maximum absolute atomic E-state index is 13.0. The second kappa shape index (κ2) is 8.56. The van der Waals surface area contributed by atoms with Gasteiger partial charge in [-0.3, -0.25) is 4.79 Å². The van der Waals surface area contributed by atoms with Crippen molar-refractivity contribution in [1.82, 2.24) is 19.8 Å². The molecule has 2 aliphatic rings.